The molecule has 0 fully saturated rings. The summed E-state index contributed by atoms with van der Waals surface area (Å²) in [5, 5.41) is 0. The van der Waals surface area contributed by atoms with E-state index in [0.29, 0.717) is 13.2 Å². The molecule has 0 aromatic carbocycles. The number of esters is 1. The quantitative estimate of drug-likeness (QED) is 0.430. The van der Waals surface area contributed by atoms with Gasteiger partial charge in [0.1, 0.15) is 6.54 Å². The first-order chi connectivity index (χ1) is 9.72. The van der Waals surface area contributed by atoms with Crippen LogP contribution in [0, 0.1) is 0 Å². The summed E-state index contributed by atoms with van der Waals surface area (Å²) in [6.07, 6.45) is 14.0. The Morgan fingerprint density at radius 1 is 1.05 bits per heavy atom. The summed E-state index contributed by atoms with van der Waals surface area (Å²) in [6, 6.07) is 0. The molecule has 0 atom stereocenters. The van der Waals surface area contributed by atoms with Crippen molar-refractivity contribution >= 4 is 5.97 Å². The maximum Gasteiger partial charge on any atom is 0.325 e. The van der Waals surface area contributed by atoms with E-state index in [1.54, 1.807) is 0 Å². The van der Waals surface area contributed by atoms with Crippen LogP contribution in [0.25, 0.3) is 0 Å². The third-order valence-corrected chi connectivity index (χ3v) is 3.53. The Morgan fingerprint density at radius 2 is 1.70 bits per heavy atom. The lowest BCUT2D eigenvalue weighted by atomic mass is 10.1. The van der Waals surface area contributed by atoms with Crippen LogP contribution in [0.4, 0.5) is 0 Å². The zero-order valence-corrected chi connectivity index (χ0v) is 13.1. The zero-order valence-electron chi connectivity index (χ0n) is 13.1. The van der Waals surface area contributed by atoms with Crippen LogP contribution in [0.5, 0.6) is 0 Å². The van der Waals surface area contributed by atoms with Crippen molar-refractivity contribution in [2.75, 3.05) is 26.9 Å². The second-order valence-corrected chi connectivity index (χ2v) is 5.64. The van der Waals surface area contributed by atoms with Gasteiger partial charge in [0, 0.05) is 19.4 Å². The second kappa shape index (κ2) is 10.6. The lowest BCUT2D eigenvalue weighted by Crippen LogP contribution is -2.29. The minimum atomic E-state index is -0.118. The number of rotatable bonds is 11. The average Bonchev–Trinajstić information content (AvgIpc) is 2.82. The van der Waals surface area contributed by atoms with Crippen LogP contribution in [0.15, 0.2) is 12.4 Å². The number of hydrogen-bond acceptors (Lipinski definition) is 4. The summed E-state index contributed by atoms with van der Waals surface area (Å²) >= 11 is 0. The van der Waals surface area contributed by atoms with Gasteiger partial charge in [-0.2, -0.15) is 0 Å². The van der Waals surface area contributed by atoms with Crippen molar-refractivity contribution in [2.45, 2.75) is 58.3 Å². The number of carbonyl (C=O) groups is 1. The Balaban J connectivity index is 1.86. The predicted octanol–water partition coefficient (Wildman–Crippen LogP) is 3.35. The Kier molecular flexibility index (Phi) is 8.92. The fourth-order valence-corrected chi connectivity index (χ4v) is 2.33. The Morgan fingerprint density at radius 3 is 2.30 bits per heavy atom. The lowest BCUT2D eigenvalue weighted by Gasteiger charge is -2.16. The van der Waals surface area contributed by atoms with E-state index in [9.17, 15) is 4.79 Å². The van der Waals surface area contributed by atoms with E-state index in [0.717, 1.165) is 13.1 Å². The van der Waals surface area contributed by atoms with Gasteiger partial charge in [0.2, 0.25) is 0 Å². The zero-order chi connectivity index (χ0) is 14.6. The SMILES string of the molecule is CCCCCCCCCCOC(=O)CN1C=CN(C)C1. The third kappa shape index (κ3) is 8.08. The molecule has 0 aliphatic carbocycles. The smallest absolute Gasteiger partial charge is 0.325 e. The molecule has 1 aliphatic rings. The molecule has 0 saturated carbocycles. The predicted molar refractivity (Wildman–Crippen MR) is 82.0 cm³/mol. The summed E-state index contributed by atoms with van der Waals surface area (Å²) < 4.78 is 5.25. The van der Waals surface area contributed by atoms with Gasteiger partial charge in [0.15, 0.2) is 0 Å². The van der Waals surface area contributed by atoms with E-state index in [-0.39, 0.29) is 5.97 Å². The van der Waals surface area contributed by atoms with E-state index in [1.165, 1.54) is 44.9 Å². The first kappa shape index (κ1) is 16.9. The molecular weight excluding hydrogens is 252 g/mol. The molecule has 1 aliphatic heterocycles. The molecule has 4 nitrogen and oxygen atoms in total. The van der Waals surface area contributed by atoms with Gasteiger partial charge in [0.25, 0.3) is 0 Å². The van der Waals surface area contributed by atoms with E-state index in [1.807, 2.05) is 29.2 Å². The van der Waals surface area contributed by atoms with E-state index < -0.39 is 0 Å². The number of nitrogens with zero attached hydrogens (tertiary/aromatic N) is 2. The van der Waals surface area contributed by atoms with Crippen molar-refractivity contribution < 1.29 is 9.53 Å². The first-order valence-corrected chi connectivity index (χ1v) is 8.00. The minimum absolute atomic E-state index is 0.118. The molecule has 20 heavy (non-hydrogen) atoms. The van der Waals surface area contributed by atoms with Gasteiger partial charge in [0.05, 0.1) is 13.3 Å². The molecule has 1 rings (SSSR count). The van der Waals surface area contributed by atoms with Gasteiger partial charge < -0.3 is 14.5 Å². The van der Waals surface area contributed by atoms with Crippen molar-refractivity contribution in [1.29, 1.82) is 0 Å². The summed E-state index contributed by atoms with van der Waals surface area (Å²) in [5.74, 6) is -0.118. The number of ether oxygens (including phenoxy) is 1. The van der Waals surface area contributed by atoms with Gasteiger partial charge in [-0.25, -0.2) is 0 Å². The van der Waals surface area contributed by atoms with Gasteiger partial charge in [-0.05, 0) is 6.42 Å². The summed E-state index contributed by atoms with van der Waals surface area (Å²) in [4.78, 5) is 15.6. The normalized spacial score (nSPS) is 14.1. The van der Waals surface area contributed by atoms with Crippen LogP contribution in [0.1, 0.15) is 58.3 Å². The molecule has 0 radical (unpaired) electrons. The fourth-order valence-electron chi connectivity index (χ4n) is 2.33. The molecule has 1 heterocycles. The molecule has 0 spiro atoms. The van der Waals surface area contributed by atoms with E-state index in [2.05, 4.69) is 6.92 Å². The van der Waals surface area contributed by atoms with Crippen molar-refractivity contribution in [3.8, 4) is 0 Å². The Labute approximate surface area is 123 Å². The molecule has 0 saturated heterocycles. The minimum Gasteiger partial charge on any atom is -0.464 e. The summed E-state index contributed by atoms with van der Waals surface area (Å²) in [5.41, 5.74) is 0. The molecular formula is C16H30N2O2. The standard InChI is InChI=1S/C16H30N2O2/c1-3-4-5-6-7-8-9-10-13-20-16(19)14-18-12-11-17(2)15-18/h11-12H,3-10,13-15H2,1-2H3. The van der Waals surface area contributed by atoms with Crippen molar-refractivity contribution in [2.24, 2.45) is 0 Å². The third-order valence-electron chi connectivity index (χ3n) is 3.53. The summed E-state index contributed by atoms with van der Waals surface area (Å²) in [7, 11) is 1.99. The molecule has 116 valence electrons. The van der Waals surface area contributed by atoms with E-state index in [4.69, 9.17) is 4.74 Å². The molecule has 0 aromatic rings. The van der Waals surface area contributed by atoms with Crippen LogP contribution in [0.3, 0.4) is 0 Å². The highest BCUT2D eigenvalue weighted by molar-refractivity contribution is 5.71. The van der Waals surface area contributed by atoms with Gasteiger partial charge >= 0.3 is 5.97 Å². The molecule has 0 amide bonds. The highest BCUT2D eigenvalue weighted by Crippen LogP contribution is 2.08. The Bertz CT molecular complexity index is 292. The fraction of sp³-hybridized carbons (Fsp3) is 0.812. The number of unbranched alkanes of at least 4 members (excludes halogenated alkanes) is 7. The molecule has 0 unspecified atom stereocenters. The molecule has 0 bridgehead atoms. The molecule has 4 heteroatoms. The van der Waals surface area contributed by atoms with Crippen LogP contribution >= 0.6 is 0 Å². The van der Waals surface area contributed by atoms with Crippen LogP contribution in [-0.2, 0) is 9.53 Å². The first-order valence-electron chi connectivity index (χ1n) is 8.00. The van der Waals surface area contributed by atoms with Gasteiger partial charge in [-0.1, -0.05) is 51.9 Å². The van der Waals surface area contributed by atoms with Gasteiger partial charge in [-0.3, -0.25) is 4.79 Å². The maximum absolute atomic E-state index is 11.6. The van der Waals surface area contributed by atoms with Crippen LogP contribution in [0.2, 0.25) is 0 Å². The van der Waals surface area contributed by atoms with Gasteiger partial charge in [-0.15, -0.1) is 0 Å². The van der Waals surface area contributed by atoms with E-state index >= 15 is 0 Å². The Hall–Kier alpha value is -1.19. The average molecular weight is 282 g/mol. The lowest BCUT2D eigenvalue weighted by molar-refractivity contribution is -0.144. The number of carbonyl (C=O) groups excluding carboxylic acids is 1. The van der Waals surface area contributed by atoms with Crippen molar-refractivity contribution in [3.05, 3.63) is 12.4 Å². The summed E-state index contributed by atoms with van der Waals surface area (Å²) in [6.45, 7) is 3.94. The largest absolute Gasteiger partial charge is 0.464 e. The van der Waals surface area contributed by atoms with Crippen molar-refractivity contribution in [1.82, 2.24) is 9.80 Å². The molecule has 0 aromatic heterocycles. The topological polar surface area (TPSA) is 32.8 Å². The van der Waals surface area contributed by atoms with Crippen molar-refractivity contribution in [3.63, 3.8) is 0 Å². The second-order valence-electron chi connectivity index (χ2n) is 5.64. The van der Waals surface area contributed by atoms with Crippen LogP contribution in [-0.4, -0.2) is 42.6 Å². The van der Waals surface area contributed by atoms with Crippen LogP contribution < -0.4 is 0 Å². The highest BCUT2D eigenvalue weighted by Gasteiger charge is 2.13. The number of hydrogen-bond donors (Lipinski definition) is 0. The monoisotopic (exact) mass is 282 g/mol. The highest BCUT2D eigenvalue weighted by atomic mass is 16.5. The molecule has 0 N–H and O–H groups in total. The maximum atomic E-state index is 11.6.